The molecule has 0 spiro atoms. The lowest BCUT2D eigenvalue weighted by Crippen LogP contribution is -2.32. The molecule has 3 nitrogen and oxygen atoms in total. The highest BCUT2D eigenvalue weighted by atomic mass is 35.5. The number of amides is 1. The maximum atomic E-state index is 12.4. The number of hydrogen-bond donors (Lipinski definition) is 0. The largest absolute Gasteiger partial charge is 0.338 e. The van der Waals surface area contributed by atoms with Crippen molar-refractivity contribution in [3.63, 3.8) is 0 Å². The van der Waals surface area contributed by atoms with Crippen LogP contribution in [0.1, 0.15) is 43.5 Å². The molecule has 1 aromatic heterocycles. The Kier molecular flexibility index (Phi) is 3.91. The van der Waals surface area contributed by atoms with Gasteiger partial charge in [0.05, 0.1) is 10.6 Å². The monoisotopic (exact) mass is 266 g/mol. The fraction of sp³-hybridized carbons (Fsp3) is 0.571. The zero-order chi connectivity index (χ0) is 13.2. The summed E-state index contributed by atoms with van der Waals surface area (Å²) < 4.78 is 0. The van der Waals surface area contributed by atoms with Crippen molar-refractivity contribution in [3.8, 4) is 0 Å². The Hall–Kier alpha value is -1.09. The molecule has 1 amide bonds. The lowest BCUT2D eigenvalue weighted by Gasteiger charge is -2.26. The quantitative estimate of drug-likeness (QED) is 0.840. The van der Waals surface area contributed by atoms with Crippen LogP contribution in [0.15, 0.2) is 18.5 Å². The lowest BCUT2D eigenvalue weighted by molar-refractivity contribution is 0.0770. The van der Waals surface area contributed by atoms with Gasteiger partial charge in [-0.2, -0.15) is 0 Å². The number of rotatable bonds is 3. The van der Waals surface area contributed by atoms with Crippen molar-refractivity contribution in [2.45, 2.75) is 33.1 Å². The summed E-state index contributed by atoms with van der Waals surface area (Å²) in [5, 5.41) is 0.438. The van der Waals surface area contributed by atoms with Crippen molar-refractivity contribution in [2.24, 2.45) is 5.41 Å². The Morgan fingerprint density at radius 3 is 2.78 bits per heavy atom. The third kappa shape index (κ3) is 2.37. The van der Waals surface area contributed by atoms with E-state index in [9.17, 15) is 4.79 Å². The van der Waals surface area contributed by atoms with Crippen LogP contribution in [0, 0.1) is 5.41 Å². The third-order valence-electron chi connectivity index (χ3n) is 4.23. The maximum Gasteiger partial charge on any atom is 0.255 e. The SMILES string of the molecule is CCC1(CC)CCN(C(=O)c2ccncc2Cl)C1. The Balaban J connectivity index is 2.15. The summed E-state index contributed by atoms with van der Waals surface area (Å²) in [6.07, 6.45) is 6.48. The van der Waals surface area contributed by atoms with Crippen LogP contribution in [0.3, 0.4) is 0 Å². The van der Waals surface area contributed by atoms with Crippen LogP contribution in [0.25, 0.3) is 0 Å². The van der Waals surface area contributed by atoms with Crippen LogP contribution in [0.5, 0.6) is 0 Å². The molecular weight excluding hydrogens is 248 g/mol. The van der Waals surface area contributed by atoms with Crippen LogP contribution in [-0.2, 0) is 0 Å². The van der Waals surface area contributed by atoms with Gasteiger partial charge in [0.15, 0.2) is 0 Å². The third-order valence-corrected chi connectivity index (χ3v) is 4.53. The topological polar surface area (TPSA) is 33.2 Å². The Labute approximate surface area is 113 Å². The van der Waals surface area contributed by atoms with Gasteiger partial charge in [-0.3, -0.25) is 9.78 Å². The van der Waals surface area contributed by atoms with E-state index in [1.165, 1.54) is 6.20 Å². The number of likely N-dealkylation sites (tertiary alicyclic amines) is 1. The second kappa shape index (κ2) is 5.27. The van der Waals surface area contributed by atoms with Gasteiger partial charge in [-0.05, 0) is 30.7 Å². The van der Waals surface area contributed by atoms with Gasteiger partial charge in [0, 0.05) is 25.5 Å². The minimum atomic E-state index is 0.0335. The fourth-order valence-electron chi connectivity index (χ4n) is 2.65. The number of nitrogens with zero attached hydrogens (tertiary/aromatic N) is 2. The van der Waals surface area contributed by atoms with Crippen LogP contribution in [-0.4, -0.2) is 28.9 Å². The second-order valence-corrected chi connectivity index (χ2v) is 5.45. The standard InChI is InChI=1S/C14H19ClN2O/c1-3-14(4-2)6-8-17(10-14)13(18)11-5-7-16-9-12(11)15/h5,7,9H,3-4,6,8,10H2,1-2H3. The molecule has 0 aliphatic carbocycles. The number of hydrogen-bond acceptors (Lipinski definition) is 2. The molecule has 2 rings (SSSR count). The van der Waals surface area contributed by atoms with Gasteiger partial charge >= 0.3 is 0 Å². The molecule has 2 heterocycles. The van der Waals surface area contributed by atoms with Crippen molar-refractivity contribution in [2.75, 3.05) is 13.1 Å². The van der Waals surface area contributed by atoms with E-state index < -0.39 is 0 Å². The Morgan fingerprint density at radius 2 is 2.22 bits per heavy atom. The van der Waals surface area contributed by atoms with E-state index in [0.29, 0.717) is 16.0 Å². The van der Waals surface area contributed by atoms with Gasteiger partial charge in [0.1, 0.15) is 0 Å². The first-order valence-corrected chi connectivity index (χ1v) is 6.88. The van der Waals surface area contributed by atoms with Crippen LogP contribution in [0.2, 0.25) is 5.02 Å². The molecule has 98 valence electrons. The molecule has 18 heavy (non-hydrogen) atoms. The van der Waals surface area contributed by atoms with E-state index in [0.717, 1.165) is 32.4 Å². The average molecular weight is 267 g/mol. The number of halogens is 1. The fourth-order valence-corrected chi connectivity index (χ4v) is 2.85. The van der Waals surface area contributed by atoms with Crippen LogP contribution < -0.4 is 0 Å². The molecule has 1 aliphatic rings. The zero-order valence-corrected chi connectivity index (χ0v) is 11.7. The number of carbonyl (C=O) groups is 1. The molecule has 0 aromatic carbocycles. The van der Waals surface area contributed by atoms with Gasteiger partial charge in [0.25, 0.3) is 5.91 Å². The van der Waals surface area contributed by atoms with Crippen LogP contribution >= 0.6 is 11.6 Å². The summed E-state index contributed by atoms with van der Waals surface area (Å²) in [5.74, 6) is 0.0335. The molecule has 1 aliphatic heterocycles. The van der Waals surface area contributed by atoms with Crippen molar-refractivity contribution >= 4 is 17.5 Å². The van der Waals surface area contributed by atoms with E-state index in [2.05, 4.69) is 18.8 Å². The van der Waals surface area contributed by atoms with E-state index in [1.54, 1.807) is 12.3 Å². The zero-order valence-electron chi connectivity index (χ0n) is 10.9. The average Bonchev–Trinajstić information content (AvgIpc) is 2.84. The van der Waals surface area contributed by atoms with E-state index >= 15 is 0 Å². The molecule has 0 atom stereocenters. The van der Waals surface area contributed by atoms with Crippen molar-refractivity contribution in [1.82, 2.24) is 9.88 Å². The highest BCUT2D eigenvalue weighted by Gasteiger charge is 2.37. The number of carbonyl (C=O) groups excluding carboxylic acids is 1. The summed E-state index contributed by atoms with van der Waals surface area (Å²) >= 11 is 6.03. The summed E-state index contributed by atoms with van der Waals surface area (Å²) in [7, 11) is 0. The molecule has 1 aromatic rings. The van der Waals surface area contributed by atoms with Crippen molar-refractivity contribution in [3.05, 3.63) is 29.0 Å². The molecule has 0 N–H and O–H groups in total. The second-order valence-electron chi connectivity index (χ2n) is 5.04. The maximum absolute atomic E-state index is 12.4. The number of aromatic nitrogens is 1. The summed E-state index contributed by atoms with van der Waals surface area (Å²) in [5.41, 5.74) is 0.865. The molecule has 1 saturated heterocycles. The molecule has 0 bridgehead atoms. The van der Waals surface area contributed by atoms with E-state index in [-0.39, 0.29) is 5.91 Å². The highest BCUT2D eigenvalue weighted by Crippen LogP contribution is 2.37. The Bertz CT molecular complexity index is 443. The first-order chi connectivity index (χ1) is 8.62. The first-order valence-electron chi connectivity index (χ1n) is 6.50. The predicted octanol–water partition coefficient (Wildman–Crippen LogP) is 3.39. The van der Waals surface area contributed by atoms with Gasteiger partial charge in [-0.15, -0.1) is 0 Å². The summed E-state index contributed by atoms with van der Waals surface area (Å²) in [6, 6.07) is 1.70. The normalized spacial score (nSPS) is 18.1. The van der Waals surface area contributed by atoms with E-state index in [4.69, 9.17) is 11.6 Å². The van der Waals surface area contributed by atoms with Crippen molar-refractivity contribution < 1.29 is 4.79 Å². The minimum Gasteiger partial charge on any atom is -0.338 e. The predicted molar refractivity (Wildman–Crippen MR) is 72.8 cm³/mol. The smallest absolute Gasteiger partial charge is 0.255 e. The molecule has 0 radical (unpaired) electrons. The molecular formula is C14H19ClN2O. The molecule has 4 heteroatoms. The van der Waals surface area contributed by atoms with Gasteiger partial charge in [0.2, 0.25) is 0 Å². The Morgan fingerprint density at radius 1 is 1.50 bits per heavy atom. The van der Waals surface area contributed by atoms with Gasteiger partial charge in [-0.25, -0.2) is 0 Å². The minimum absolute atomic E-state index is 0.0335. The summed E-state index contributed by atoms with van der Waals surface area (Å²) in [4.78, 5) is 18.2. The first kappa shape index (κ1) is 13.3. The molecule has 1 fully saturated rings. The lowest BCUT2D eigenvalue weighted by atomic mass is 9.82. The van der Waals surface area contributed by atoms with Gasteiger partial charge in [-0.1, -0.05) is 25.4 Å². The highest BCUT2D eigenvalue weighted by molar-refractivity contribution is 6.33. The summed E-state index contributed by atoms with van der Waals surface area (Å²) in [6.45, 7) is 6.09. The van der Waals surface area contributed by atoms with E-state index in [1.807, 2.05) is 4.90 Å². The molecule has 0 saturated carbocycles. The van der Waals surface area contributed by atoms with Crippen molar-refractivity contribution in [1.29, 1.82) is 0 Å². The number of pyridine rings is 1. The van der Waals surface area contributed by atoms with Crippen LogP contribution in [0.4, 0.5) is 0 Å². The molecule has 0 unspecified atom stereocenters. The van der Waals surface area contributed by atoms with Gasteiger partial charge < -0.3 is 4.90 Å².